The van der Waals surface area contributed by atoms with Crippen LogP contribution in [0.5, 0.6) is 0 Å². The van der Waals surface area contributed by atoms with E-state index in [9.17, 15) is 91.7 Å². The van der Waals surface area contributed by atoms with E-state index in [1.165, 1.54) is 78.2 Å². The van der Waals surface area contributed by atoms with Crippen LogP contribution >= 0.6 is 0 Å². The van der Waals surface area contributed by atoms with Crippen molar-refractivity contribution in [3.8, 4) is 0 Å². The number of H-pyrrole nitrogens is 1. The molecular weight excluding hydrogens is 1770 g/mol. The summed E-state index contributed by atoms with van der Waals surface area (Å²) < 4.78 is 10.7. The van der Waals surface area contributed by atoms with Gasteiger partial charge in [-0.2, -0.15) is 0 Å². The van der Waals surface area contributed by atoms with Crippen molar-refractivity contribution in [1.82, 2.24) is 79.4 Å². The van der Waals surface area contributed by atoms with E-state index in [2.05, 4.69) is 96.3 Å². The van der Waals surface area contributed by atoms with Gasteiger partial charge in [-0.15, -0.1) is 0 Å². The quantitative estimate of drug-likeness (QED) is 0.0145. The predicted molar refractivity (Wildman–Crippen MR) is 507 cm³/mol. The lowest BCUT2D eigenvalue weighted by molar-refractivity contribution is -0.136. The number of amides is 17. The van der Waals surface area contributed by atoms with Gasteiger partial charge in [0.05, 0.1) is 51.5 Å². The number of benzene rings is 2. The number of nitrogens with two attached hydrogens (primary N) is 8. The first-order chi connectivity index (χ1) is 65.0. The number of ether oxygens (including phenoxy) is 2. The maximum Gasteiger partial charge on any atom is 0.246 e. The van der Waals surface area contributed by atoms with Gasteiger partial charge in [0.15, 0.2) is 11.9 Å². The zero-order valence-electron chi connectivity index (χ0n) is 78.9. The number of aliphatic imine (C=N–C) groups is 2. The van der Waals surface area contributed by atoms with Crippen molar-refractivity contribution >= 4 is 123 Å². The van der Waals surface area contributed by atoms with Gasteiger partial charge in [0, 0.05) is 75.4 Å². The fourth-order valence-electron chi connectivity index (χ4n) is 14.3. The summed E-state index contributed by atoms with van der Waals surface area (Å²) in [6.45, 7) is 4.37. The second kappa shape index (κ2) is 68.3. The Balaban J connectivity index is 0.000000706. The van der Waals surface area contributed by atoms with Gasteiger partial charge in [0.25, 0.3) is 0 Å². The lowest BCUT2D eigenvalue weighted by Crippen LogP contribution is -2.60. The van der Waals surface area contributed by atoms with Crippen molar-refractivity contribution in [1.29, 1.82) is 0 Å². The molecular formula is C90H149N25O21. The van der Waals surface area contributed by atoms with Crippen LogP contribution in [0.25, 0.3) is 10.9 Å². The molecule has 4 rings (SSSR count). The number of carbonyl (C=O) groups excluding carboxylic acids is 17. The highest BCUT2D eigenvalue weighted by Gasteiger charge is 2.37. The minimum absolute atomic E-state index is 0.00621. The summed E-state index contributed by atoms with van der Waals surface area (Å²) >= 11 is 0. The Morgan fingerprint density at radius 3 is 1.65 bits per heavy atom. The van der Waals surface area contributed by atoms with E-state index in [-0.39, 0.29) is 127 Å². The number of aliphatic hydroxyl groups is 2. The normalized spacial score (nSPS) is 17.8. The zero-order valence-corrected chi connectivity index (χ0v) is 78.9. The number of nitrogens with one attached hydrogen (secondary N) is 15. The number of hydrogen-bond donors (Lipinski definition) is 25. The Labute approximate surface area is 793 Å². The summed E-state index contributed by atoms with van der Waals surface area (Å²) in [4.78, 5) is 233. The van der Waals surface area contributed by atoms with E-state index >= 15 is 0 Å². The van der Waals surface area contributed by atoms with Crippen LogP contribution in [0.4, 0.5) is 0 Å². The van der Waals surface area contributed by atoms with Crippen molar-refractivity contribution in [3.05, 3.63) is 71.9 Å². The SMILES string of the molecule is CCCCCCCCCCCCCCCC(=O)NCCOCCOCC(=O)NCC(=O)N[C@H](C(=O)N[C@@H](CCC(N)=O)C(=O)N[C@@H](CCCN=C(N)N)C(=O)N[C@@H](CO)C(=O)N[C@@H](CCCC)C(N)=O)[C@@H](C)O.CN[C@H]1CCC(=O)NCCCC[C@@H](C(N)=O)NC(=O)[C@H](Cc2c[nH]c3ccccc23)NC(=O)[C@H](CCCN=C(N)N)NC(=O)[C@@H](Cc2ccccc2)NC(=O)[C@H](CC(N)=O)NC1=O. The molecule has 1 fully saturated rings. The summed E-state index contributed by atoms with van der Waals surface area (Å²) in [7, 11) is 1.49. The lowest BCUT2D eigenvalue weighted by atomic mass is 10.0. The molecule has 17 amide bonds. The van der Waals surface area contributed by atoms with E-state index in [1.807, 2.05) is 31.2 Å². The second-order valence-corrected chi connectivity index (χ2v) is 33.3. The monoisotopic (exact) mass is 1920 g/mol. The summed E-state index contributed by atoms with van der Waals surface area (Å²) in [5.41, 5.74) is 45.9. The smallest absolute Gasteiger partial charge is 0.246 e. The molecule has 1 aromatic heterocycles. The van der Waals surface area contributed by atoms with Crippen molar-refractivity contribution in [3.63, 3.8) is 0 Å². The third kappa shape index (κ3) is 50.6. The molecule has 136 heavy (non-hydrogen) atoms. The Kier molecular flexibility index (Phi) is 59.0. The molecule has 3 aromatic rings. The molecule has 0 bridgehead atoms. The number of aromatic nitrogens is 1. The summed E-state index contributed by atoms with van der Waals surface area (Å²) in [6, 6.07) is 0.962. The first-order valence-corrected chi connectivity index (χ1v) is 46.8. The molecule has 1 saturated heterocycles. The van der Waals surface area contributed by atoms with E-state index in [0.29, 0.717) is 49.8 Å². The van der Waals surface area contributed by atoms with E-state index in [0.717, 1.165) is 30.2 Å². The van der Waals surface area contributed by atoms with Crippen molar-refractivity contribution < 1.29 is 101 Å². The molecule has 0 unspecified atom stereocenters. The molecule has 0 radical (unpaired) electrons. The Hall–Kier alpha value is -12.7. The second-order valence-electron chi connectivity index (χ2n) is 33.3. The van der Waals surface area contributed by atoms with Crippen LogP contribution in [0.15, 0.2) is 70.8 Å². The van der Waals surface area contributed by atoms with Gasteiger partial charge >= 0.3 is 0 Å². The van der Waals surface area contributed by atoms with Gasteiger partial charge in [0.1, 0.15) is 67.0 Å². The number of unbranched alkanes of at least 4 members (excludes halogenated alkanes) is 13. The maximum absolute atomic E-state index is 14.4. The predicted octanol–water partition coefficient (Wildman–Crippen LogP) is -4.02. The number of fused-ring (bicyclic) bond motifs is 1. The highest BCUT2D eigenvalue weighted by atomic mass is 16.5. The molecule has 2 aromatic carbocycles. The molecule has 760 valence electrons. The summed E-state index contributed by atoms with van der Waals surface area (Å²) in [5.74, 6) is -13.8. The van der Waals surface area contributed by atoms with Gasteiger partial charge in [0.2, 0.25) is 100 Å². The van der Waals surface area contributed by atoms with Crippen LogP contribution in [0, 0.1) is 0 Å². The van der Waals surface area contributed by atoms with Crippen LogP contribution in [0.3, 0.4) is 0 Å². The zero-order chi connectivity index (χ0) is 101. The topological polar surface area (TPSA) is 766 Å². The minimum Gasteiger partial charge on any atom is -0.394 e. The van der Waals surface area contributed by atoms with Gasteiger partial charge in [-0.1, -0.05) is 152 Å². The van der Waals surface area contributed by atoms with Crippen molar-refractivity contribution in [2.75, 3.05) is 72.8 Å². The summed E-state index contributed by atoms with van der Waals surface area (Å²) in [5, 5.41) is 57.0. The number of likely N-dealkylation sites (N-methyl/N-ethyl adjacent to an activating group) is 1. The molecule has 33 N–H and O–H groups in total. The Morgan fingerprint density at radius 1 is 0.507 bits per heavy atom. The number of para-hydroxylation sites is 1. The lowest BCUT2D eigenvalue weighted by Gasteiger charge is -2.27. The third-order valence-electron chi connectivity index (χ3n) is 21.9. The Morgan fingerprint density at radius 2 is 1.04 bits per heavy atom. The fraction of sp³-hybridized carbons (Fsp3) is 0.633. The number of carbonyl (C=O) groups is 17. The molecule has 2 heterocycles. The van der Waals surface area contributed by atoms with Crippen LogP contribution in [-0.2, 0) is 104 Å². The minimum atomic E-state index is -1.69. The highest BCUT2D eigenvalue weighted by molar-refractivity contribution is 6.00. The number of primary amides is 4. The van der Waals surface area contributed by atoms with Crippen LogP contribution in [0.1, 0.15) is 218 Å². The van der Waals surface area contributed by atoms with Crippen molar-refractivity contribution in [2.45, 2.75) is 292 Å². The number of aliphatic hydroxyl groups excluding tert-OH is 2. The van der Waals surface area contributed by atoms with Gasteiger partial charge < -0.3 is 145 Å². The summed E-state index contributed by atoms with van der Waals surface area (Å²) in [6.07, 6.45) is 17.4. The molecule has 12 atom stereocenters. The van der Waals surface area contributed by atoms with Gasteiger partial charge in [-0.25, -0.2) is 0 Å². The van der Waals surface area contributed by atoms with Crippen molar-refractivity contribution in [2.24, 2.45) is 55.9 Å². The number of aromatic amines is 1. The molecule has 0 aliphatic carbocycles. The number of hydrogen-bond acceptors (Lipinski definition) is 24. The standard InChI is InChI=1S/C48H90N12O13.C42H59N13O8/c1-4-6-8-9-10-11-12-13-14-15-16-17-18-22-39(64)53-26-27-72-28-29-73-32-41(66)55-30-40(65)60-42(33(3)62)47(71)58-36(23-24-38(49)63)45(69)57-35(21-19-25-54-48(51)52)44(68)59-37(31-61)46(70)56-34(43(50)67)20-7-5-2;1-47-29-16-17-35(57)48-18-8-7-14-28(36(44)58)51-40(62)32(21-25-23-50-27-13-6-5-12-26(25)27)54-38(60)30(15-9-19-49-42(45)46)52-39(61)31(20-24-10-3-2-4-11-24)53-41(63)33(22-34(43)56)55-37(29)59/h33-37,42,61-62H,4-32H2,1-3H3,(H2,49,63)(H2,50,67)(H,53,64)(H,55,66)(H,56,70)(H,57,69)(H,58,71)(H,59,68)(H,60,65)(H4,51,52,54);2-6,10-13,23,28-33,47,50H,7-9,14-22H2,1H3,(H2,43,56)(H2,44,58)(H,48,57)(H,51,62)(H,52,61)(H,53,63)(H,54,60)(H,55,59)(H4,45,46,49)/t33-,34+,35+,36+,37+,42+;28-,29-,30-,31+,32-,33-/m10/s1. The van der Waals surface area contributed by atoms with E-state index in [4.69, 9.17) is 55.3 Å². The molecule has 46 heteroatoms. The number of rotatable bonds is 58. The maximum atomic E-state index is 14.4. The number of guanidine groups is 2. The van der Waals surface area contributed by atoms with Crippen LogP contribution in [-0.4, -0.2) is 273 Å². The van der Waals surface area contributed by atoms with E-state index in [1.54, 1.807) is 36.5 Å². The molecule has 1 aliphatic heterocycles. The first-order valence-electron chi connectivity index (χ1n) is 46.8. The van der Waals surface area contributed by atoms with Crippen LogP contribution < -0.4 is 120 Å². The van der Waals surface area contributed by atoms with Gasteiger partial charge in [-0.3, -0.25) is 91.5 Å². The fourth-order valence-corrected chi connectivity index (χ4v) is 14.3. The molecule has 0 spiro atoms. The third-order valence-corrected chi connectivity index (χ3v) is 21.9. The largest absolute Gasteiger partial charge is 0.394 e. The Bertz CT molecular complexity index is 4300. The molecule has 1 aliphatic rings. The highest BCUT2D eigenvalue weighted by Crippen LogP contribution is 2.21. The average Bonchev–Trinajstić information content (AvgIpc) is 1.66. The molecule has 46 nitrogen and oxygen atoms in total. The number of nitrogens with zero attached hydrogens (tertiary/aromatic N) is 2. The van der Waals surface area contributed by atoms with Gasteiger partial charge in [-0.05, 0) is 102 Å². The van der Waals surface area contributed by atoms with E-state index < -0.39 is 200 Å². The average molecular weight is 1920 g/mol. The molecule has 0 saturated carbocycles. The first kappa shape index (κ1) is 117. The van der Waals surface area contributed by atoms with Crippen LogP contribution in [0.2, 0.25) is 0 Å².